The van der Waals surface area contributed by atoms with Crippen molar-refractivity contribution in [3.63, 3.8) is 0 Å². The van der Waals surface area contributed by atoms with Crippen LogP contribution in [0.25, 0.3) is 11.3 Å². The van der Waals surface area contributed by atoms with Crippen LogP contribution >= 0.6 is 15.9 Å². The van der Waals surface area contributed by atoms with Gasteiger partial charge in [0.25, 0.3) is 0 Å². The monoisotopic (exact) mass is 399 g/mol. The first kappa shape index (κ1) is 17.2. The molecule has 0 aliphatic rings. The summed E-state index contributed by atoms with van der Waals surface area (Å²) in [6.45, 7) is 0. The molecule has 0 saturated carbocycles. The molecule has 0 radical (unpaired) electrons. The third kappa shape index (κ3) is 4.09. The lowest BCUT2D eigenvalue weighted by Crippen LogP contribution is -2.14. The number of ether oxygens (including phenoxy) is 1. The Morgan fingerprint density at radius 3 is 2.84 bits per heavy atom. The fourth-order valence-electron chi connectivity index (χ4n) is 2.64. The Kier molecular flexibility index (Phi) is 5.50. The Balaban J connectivity index is 1.75. The third-order valence-electron chi connectivity index (χ3n) is 3.83. The number of carbonyl (C=O) groups is 1. The Morgan fingerprint density at radius 2 is 2.04 bits per heavy atom. The molecular formula is C19H18BrN3O2. The largest absolute Gasteiger partial charge is 0.496 e. The molecule has 25 heavy (non-hydrogen) atoms. The Bertz CT molecular complexity index is 876. The molecule has 3 rings (SSSR count). The van der Waals surface area contributed by atoms with Crippen LogP contribution in [0.2, 0.25) is 0 Å². The molecule has 1 aromatic heterocycles. The van der Waals surface area contributed by atoms with Crippen molar-refractivity contribution in [1.82, 2.24) is 10.2 Å². The van der Waals surface area contributed by atoms with Crippen LogP contribution in [0.3, 0.4) is 0 Å². The second kappa shape index (κ2) is 7.98. The van der Waals surface area contributed by atoms with Crippen LogP contribution < -0.4 is 10.1 Å². The Labute approximate surface area is 154 Å². The number of halogens is 1. The molecule has 0 aliphatic heterocycles. The fraction of sp³-hybridized carbons (Fsp3) is 0.158. The number of H-pyrrole nitrogens is 1. The first-order chi connectivity index (χ1) is 12.2. The highest BCUT2D eigenvalue weighted by Gasteiger charge is 2.11. The predicted octanol–water partition coefficient (Wildman–Crippen LogP) is 4.16. The highest BCUT2D eigenvalue weighted by Crippen LogP contribution is 2.25. The van der Waals surface area contributed by atoms with Gasteiger partial charge in [-0.05, 0) is 18.2 Å². The number of methoxy groups -OCH3 is 1. The van der Waals surface area contributed by atoms with E-state index in [0.717, 1.165) is 28.1 Å². The summed E-state index contributed by atoms with van der Waals surface area (Å²) >= 11 is 3.45. The topological polar surface area (TPSA) is 67.0 Å². The van der Waals surface area contributed by atoms with Crippen LogP contribution in [0.5, 0.6) is 5.75 Å². The molecule has 2 aromatic carbocycles. The van der Waals surface area contributed by atoms with Gasteiger partial charge < -0.3 is 10.1 Å². The van der Waals surface area contributed by atoms with Gasteiger partial charge in [0, 0.05) is 33.9 Å². The van der Waals surface area contributed by atoms with Crippen molar-refractivity contribution < 1.29 is 9.53 Å². The van der Waals surface area contributed by atoms with Crippen LogP contribution in [0, 0.1) is 0 Å². The van der Waals surface area contributed by atoms with E-state index in [1.807, 2.05) is 54.7 Å². The van der Waals surface area contributed by atoms with Gasteiger partial charge >= 0.3 is 0 Å². The second-order valence-electron chi connectivity index (χ2n) is 5.51. The van der Waals surface area contributed by atoms with Crippen LogP contribution in [-0.4, -0.2) is 23.2 Å². The first-order valence-electron chi connectivity index (χ1n) is 7.82. The molecule has 0 saturated heterocycles. The zero-order valence-corrected chi connectivity index (χ0v) is 15.3. The average molecular weight is 400 g/mol. The molecular weight excluding hydrogens is 382 g/mol. The number of para-hydroxylation sites is 1. The van der Waals surface area contributed by atoms with Crippen LogP contribution in [0.1, 0.15) is 11.1 Å². The van der Waals surface area contributed by atoms with E-state index in [-0.39, 0.29) is 12.3 Å². The zero-order valence-electron chi connectivity index (χ0n) is 13.8. The van der Waals surface area contributed by atoms with E-state index in [4.69, 9.17) is 4.74 Å². The summed E-state index contributed by atoms with van der Waals surface area (Å²) in [5.74, 6) is 0.620. The van der Waals surface area contributed by atoms with Crippen molar-refractivity contribution in [2.45, 2.75) is 11.8 Å². The number of hydrogen-bond acceptors (Lipinski definition) is 3. The maximum absolute atomic E-state index is 12.4. The first-order valence-corrected chi connectivity index (χ1v) is 8.94. The maximum atomic E-state index is 12.4. The van der Waals surface area contributed by atoms with Crippen molar-refractivity contribution in [3.8, 4) is 17.0 Å². The van der Waals surface area contributed by atoms with Crippen molar-refractivity contribution in [2.75, 3.05) is 12.4 Å². The van der Waals surface area contributed by atoms with Gasteiger partial charge in [-0.2, -0.15) is 5.10 Å². The molecule has 0 unspecified atom stereocenters. The molecule has 0 aliphatic carbocycles. The number of hydrogen-bond donors (Lipinski definition) is 2. The average Bonchev–Trinajstić information content (AvgIpc) is 3.11. The van der Waals surface area contributed by atoms with Crippen LogP contribution in [0.4, 0.5) is 5.69 Å². The minimum Gasteiger partial charge on any atom is -0.496 e. The predicted molar refractivity (Wildman–Crippen MR) is 102 cm³/mol. The molecule has 0 spiro atoms. The quantitative estimate of drug-likeness (QED) is 0.611. The molecule has 0 atom stereocenters. The van der Waals surface area contributed by atoms with Crippen LogP contribution in [0.15, 0.2) is 54.7 Å². The summed E-state index contributed by atoms with van der Waals surface area (Å²) in [5.41, 5.74) is 4.48. The van der Waals surface area contributed by atoms with Crippen molar-refractivity contribution in [1.29, 1.82) is 0 Å². The standard InChI is InChI=1S/C19H18BrN3O2/c1-25-17-8-3-2-5-13(17)10-18(24)22-16-7-4-6-14(9-16)19-15(11-20)12-21-23-19/h2-9,12H,10-11H2,1H3,(H,21,23)(H,22,24). The molecule has 1 heterocycles. The van der Waals surface area contributed by atoms with Crippen molar-refractivity contribution in [3.05, 3.63) is 65.9 Å². The number of amides is 1. The highest BCUT2D eigenvalue weighted by molar-refractivity contribution is 9.08. The fourth-order valence-corrected chi connectivity index (χ4v) is 3.07. The molecule has 128 valence electrons. The Morgan fingerprint density at radius 1 is 1.20 bits per heavy atom. The summed E-state index contributed by atoms with van der Waals surface area (Å²) in [7, 11) is 1.60. The summed E-state index contributed by atoms with van der Waals surface area (Å²) in [6.07, 6.45) is 2.11. The number of aromatic amines is 1. The maximum Gasteiger partial charge on any atom is 0.228 e. The minimum absolute atomic E-state index is 0.0932. The second-order valence-corrected chi connectivity index (χ2v) is 6.07. The smallest absolute Gasteiger partial charge is 0.228 e. The van der Waals surface area contributed by atoms with Gasteiger partial charge in [0.05, 0.1) is 19.2 Å². The van der Waals surface area contributed by atoms with Crippen molar-refractivity contribution >= 4 is 27.5 Å². The molecule has 3 aromatic rings. The van der Waals surface area contributed by atoms with E-state index in [1.54, 1.807) is 7.11 Å². The van der Waals surface area contributed by atoms with Gasteiger partial charge in [-0.15, -0.1) is 0 Å². The molecule has 0 fully saturated rings. The number of alkyl halides is 1. The van der Waals surface area contributed by atoms with Crippen molar-refractivity contribution in [2.24, 2.45) is 0 Å². The number of carbonyl (C=O) groups excluding carboxylic acids is 1. The van der Waals surface area contributed by atoms with Gasteiger partial charge in [-0.1, -0.05) is 46.3 Å². The van der Waals surface area contributed by atoms with E-state index in [0.29, 0.717) is 11.1 Å². The number of benzene rings is 2. The number of nitrogens with zero attached hydrogens (tertiary/aromatic N) is 1. The zero-order chi connectivity index (χ0) is 17.6. The summed E-state index contributed by atoms with van der Waals surface area (Å²) in [4.78, 5) is 12.4. The summed E-state index contributed by atoms with van der Waals surface area (Å²) in [5, 5.41) is 10.8. The Hall–Kier alpha value is -2.60. The summed E-state index contributed by atoms with van der Waals surface area (Å²) < 4.78 is 5.29. The molecule has 6 heteroatoms. The van der Waals surface area contributed by atoms with E-state index in [2.05, 4.69) is 31.4 Å². The normalized spacial score (nSPS) is 10.5. The molecule has 0 bridgehead atoms. The van der Waals surface area contributed by atoms with Gasteiger partial charge in [0.2, 0.25) is 5.91 Å². The minimum atomic E-state index is -0.0932. The molecule has 5 nitrogen and oxygen atoms in total. The van der Waals surface area contributed by atoms with E-state index in [1.165, 1.54) is 0 Å². The lowest BCUT2D eigenvalue weighted by atomic mass is 10.1. The number of rotatable bonds is 6. The van der Waals surface area contributed by atoms with Crippen LogP contribution in [-0.2, 0) is 16.5 Å². The number of nitrogens with one attached hydrogen (secondary N) is 2. The SMILES string of the molecule is COc1ccccc1CC(=O)Nc1cccc(-c2n[nH]cc2CBr)c1. The molecule has 2 N–H and O–H groups in total. The number of anilines is 1. The summed E-state index contributed by atoms with van der Waals surface area (Å²) in [6, 6.07) is 15.2. The van der Waals surface area contributed by atoms with Gasteiger partial charge in [-0.25, -0.2) is 0 Å². The molecule has 1 amide bonds. The van der Waals surface area contributed by atoms with Gasteiger partial charge in [0.15, 0.2) is 0 Å². The highest BCUT2D eigenvalue weighted by atomic mass is 79.9. The van der Waals surface area contributed by atoms with Gasteiger partial charge in [0.1, 0.15) is 5.75 Å². The lowest BCUT2D eigenvalue weighted by molar-refractivity contribution is -0.115. The number of aromatic nitrogens is 2. The van der Waals surface area contributed by atoms with E-state index < -0.39 is 0 Å². The van der Waals surface area contributed by atoms with E-state index >= 15 is 0 Å². The van der Waals surface area contributed by atoms with Gasteiger partial charge in [-0.3, -0.25) is 9.89 Å². The third-order valence-corrected chi connectivity index (χ3v) is 4.43. The van der Waals surface area contributed by atoms with E-state index in [9.17, 15) is 4.79 Å². The lowest BCUT2D eigenvalue weighted by Gasteiger charge is -2.10.